The van der Waals surface area contributed by atoms with Crippen LogP contribution in [0.25, 0.3) is 11.3 Å². The third kappa shape index (κ3) is 4.51. The van der Waals surface area contributed by atoms with E-state index < -0.39 is 0 Å². The minimum atomic E-state index is -0.389. The second kappa shape index (κ2) is 8.29. The van der Waals surface area contributed by atoms with Gasteiger partial charge in [-0.1, -0.05) is 28.1 Å². The maximum Gasteiger partial charge on any atom is 0.293 e. The summed E-state index contributed by atoms with van der Waals surface area (Å²) in [5.41, 5.74) is 6.25. The standard InChI is InChI=1S/C22H21BrN2O2S/c1-12-5-6-16(9-13(12)2)18-7-8-19(27-18)21(26)25-22(28)24-20-14(3)10-17(23)11-15(20)4/h5-11H,1-4H3,(H2,24,25,26,28). The van der Waals surface area contributed by atoms with Crippen LogP contribution in [0.3, 0.4) is 0 Å². The zero-order chi connectivity index (χ0) is 20.4. The number of amides is 1. The number of aryl methyl sites for hydroxylation is 4. The van der Waals surface area contributed by atoms with E-state index in [1.807, 2.05) is 51.1 Å². The molecule has 2 N–H and O–H groups in total. The number of nitrogens with one attached hydrogen (secondary N) is 2. The highest BCUT2D eigenvalue weighted by molar-refractivity contribution is 9.10. The molecule has 4 nitrogen and oxygen atoms in total. The lowest BCUT2D eigenvalue weighted by atomic mass is 10.1. The summed E-state index contributed by atoms with van der Waals surface area (Å²) in [7, 11) is 0. The van der Waals surface area contributed by atoms with Crippen LogP contribution in [0.1, 0.15) is 32.8 Å². The first-order valence-corrected chi connectivity index (χ1v) is 10.0. The van der Waals surface area contributed by atoms with E-state index >= 15 is 0 Å². The summed E-state index contributed by atoms with van der Waals surface area (Å²) in [5, 5.41) is 6.00. The fraction of sp³-hybridized carbons (Fsp3) is 0.182. The van der Waals surface area contributed by atoms with E-state index in [9.17, 15) is 4.79 Å². The lowest BCUT2D eigenvalue weighted by Crippen LogP contribution is -2.34. The summed E-state index contributed by atoms with van der Waals surface area (Å²) < 4.78 is 6.73. The second-order valence-electron chi connectivity index (χ2n) is 6.79. The molecule has 0 bridgehead atoms. The maximum atomic E-state index is 12.5. The van der Waals surface area contributed by atoms with Gasteiger partial charge in [-0.2, -0.15) is 0 Å². The van der Waals surface area contributed by atoms with Gasteiger partial charge in [0.05, 0.1) is 0 Å². The van der Waals surface area contributed by atoms with Crippen molar-refractivity contribution in [3.05, 3.63) is 75.0 Å². The molecule has 1 heterocycles. The fourth-order valence-corrected chi connectivity index (χ4v) is 3.81. The van der Waals surface area contributed by atoms with E-state index in [0.717, 1.165) is 26.9 Å². The number of anilines is 1. The Morgan fingerprint density at radius 2 is 1.61 bits per heavy atom. The summed E-state index contributed by atoms with van der Waals surface area (Å²) in [5.74, 6) is 0.466. The van der Waals surface area contributed by atoms with Gasteiger partial charge in [-0.3, -0.25) is 10.1 Å². The first kappa shape index (κ1) is 20.3. The van der Waals surface area contributed by atoms with Crippen LogP contribution >= 0.6 is 28.1 Å². The van der Waals surface area contributed by atoms with Crippen molar-refractivity contribution in [3.8, 4) is 11.3 Å². The summed E-state index contributed by atoms with van der Waals surface area (Å²) in [6, 6.07) is 13.5. The molecule has 1 amide bonds. The van der Waals surface area contributed by atoms with Crippen molar-refractivity contribution in [1.29, 1.82) is 0 Å². The summed E-state index contributed by atoms with van der Waals surface area (Å²) in [6.07, 6.45) is 0. The van der Waals surface area contributed by atoms with Gasteiger partial charge in [-0.05, 0) is 92.5 Å². The van der Waals surface area contributed by atoms with Gasteiger partial charge in [0.1, 0.15) is 5.76 Å². The van der Waals surface area contributed by atoms with Crippen LogP contribution in [-0.4, -0.2) is 11.0 Å². The highest BCUT2D eigenvalue weighted by Crippen LogP contribution is 2.26. The maximum absolute atomic E-state index is 12.5. The Balaban J connectivity index is 1.71. The summed E-state index contributed by atoms with van der Waals surface area (Å²) in [4.78, 5) is 12.5. The molecule has 0 aliphatic carbocycles. The Kier molecular flexibility index (Phi) is 6.01. The Labute approximate surface area is 178 Å². The van der Waals surface area contributed by atoms with Crippen molar-refractivity contribution in [1.82, 2.24) is 5.32 Å². The van der Waals surface area contributed by atoms with Gasteiger partial charge in [0.15, 0.2) is 10.9 Å². The molecule has 28 heavy (non-hydrogen) atoms. The zero-order valence-electron chi connectivity index (χ0n) is 16.1. The van der Waals surface area contributed by atoms with Gasteiger partial charge in [-0.15, -0.1) is 0 Å². The molecular weight excluding hydrogens is 436 g/mol. The molecule has 0 spiro atoms. The number of carbonyl (C=O) groups is 1. The monoisotopic (exact) mass is 456 g/mol. The molecule has 0 saturated heterocycles. The topological polar surface area (TPSA) is 54.3 Å². The van der Waals surface area contributed by atoms with Crippen molar-refractivity contribution in [2.24, 2.45) is 0 Å². The van der Waals surface area contributed by atoms with E-state index in [2.05, 4.69) is 33.5 Å². The Morgan fingerprint density at radius 1 is 0.929 bits per heavy atom. The molecule has 2 aromatic carbocycles. The normalized spacial score (nSPS) is 10.6. The van der Waals surface area contributed by atoms with Gasteiger partial charge >= 0.3 is 0 Å². The van der Waals surface area contributed by atoms with Gasteiger partial charge in [0.25, 0.3) is 5.91 Å². The number of hydrogen-bond acceptors (Lipinski definition) is 3. The van der Waals surface area contributed by atoms with Crippen LogP contribution in [-0.2, 0) is 0 Å². The minimum absolute atomic E-state index is 0.210. The quantitative estimate of drug-likeness (QED) is 0.469. The number of hydrogen-bond donors (Lipinski definition) is 2. The van der Waals surface area contributed by atoms with Crippen molar-refractivity contribution in [2.75, 3.05) is 5.32 Å². The number of thiocarbonyl (C=S) groups is 1. The van der Waals surface area contributed by atoms with Gasteiger partial charge in [-0.25, -0.2) is 0 Å². The highest BCUT2D eigenvalue weighted by atomic mass is 79.9. The summed E-state index contributed by atoms with van der Waals surface area (Å²) in [6.45, 7) is 8.06. The molecule has 3 aromatic rings. The smallest absolute Gasteiger partial charge is 0.293 e. The summed E-state index contributed by atoms with van der Waals surface area (Å²) >= 11 is 8.77. The molecule has 6 heteroatoms. The average Bonchev–Trinajstić information content (AvgIpc) is 3.10. The van der Waals surface area contributed by atoms with E-state index in [1.165, 1.54) is 11.1 Å². The van der Waals surface area contributed by atoms with E-state index in [0.29, 0.717) is 5.76 Å². The third-order valence-corrected chi connectivity index (χ3v) is 5.25. The van der Waals surface area contributed by atoms with Crippen molar-refractivity contribution in [2.45, 2.75) is 27.7 Å². The van der Waals surface area contributed by atoms with Crippen LogP contribution in [0.4, 0.5) is 5.69 Å². The average molecular weight is 457 g/mol. The van der Waals surface area contributed by atoms with Crippen LogP contribution in [0.15, 0.2) is 51.4 Å². The SMILES string of the molecule is Cc1ccc(-c2ccc(C(=O)NC(=S)Nc3c(C)cc(Br)cc3C)o2)cc1C. The number of carbonyl (C=O) groups excluding carboxylic acids is 1. The molecule has 3 rings (SSSR count). The van der Waals surface area contributed by atoms with Crippen LogP contribution in [0.5, 0.6) is 0 Å². The molecule has 0 atom stereocenters. The van der Waals surface area contributed by atoms with Crippen LogP contribution < -0.4 is 10.6 Å². The Morgan fingerprint density at radius 3 is 2.25 bits per heavy atom. The highest BCUT2D eigenvalue weighted by Gasteiger charge is 2.15. The molecule has 1 aromatic heterocycles. The number of furan rings is 1. The molecule has 0 fully saturated rings. The Hall–Kier alpha value is -2.44. The molecule has 0 saturated carbocycles. The van der Waals surface area contributed by atoms with Crippen molar-refractivity contribution in [3.63, 3.8) is 0 Å². The molecule has 0 unspecified atom stereocenters. The molecule has 0 radical (unpaired) electrons. The fourth-order valence-electron chi connectivity index (χ4n) is 2.93. The minimum Gasteiger partial charge on any atom is -0.451 e. The third-order valence-electron chi connectivity index (χ3n) is 4.58. The largest absolute Gasteiger partial charge is 0.451 e. The van der Waals surface area contributed by atoms with Crippen molar-refractivity contribution >= 4 is 44.9 Å². The number of rotatable bonds is 3. The lowest BCUT2D eigenvalue weighted by molar-refractivity contribution is 0.0951. The van der Waals surface area contributed by atoms with Gasteiger partial charge in [0, 0.05) is 15.7 Å². The van der Waals surface area contributed by atoms with Gasteiger partial charge < -0.3 is 9.73 Å². The first-order valence-electron chi connectivity index (χ1n) is 8.81. The Bertz CT molecular complexity index is 1050. The number of halogens is 1. The molecular formula is C22H21BrN2O2S. The van der Waals surface area contributed by atoms with Crippen LogP contribution in [0.2, 0.25) is 0 Å². The molecule has 0 aliphatic rings. The molecule has 0 aliphatic heterocycles. The van der Waals surface area contributed by atoms with Crippen molar-refractivity contribution < 1.29 is 9.21 Å². The predicted molar refractivity (Wildman–Crippen MR) is 121 cm³/mol. The number of benzene rings is 2. The molecule has 144 valence electrons. The first-order chi connectivity index (χ1) is 13.2. The zero-order valence-corrected chi connectivity index (χ0v) is 18.5. The van der Waals surface area contributed by atoms with E-state index in [4.69, 9.17) is 16.6 Å². The van der Waals surface area contributed by atoms with E-state index in [1.54, 1.807) is 12.1 Å². The second-order valence-corrected chi connectivity index (χ2v) is 8.11. The van der Waals surface area contributed by atoms with E-state index in [-0.39, 0.29) is 16.8 Å². The lowest BCUT2D eigenvalue weighted by Gasteiger charge is -2.14. The van der Waals surface area contributed by atoms with Gasteiger partial charge in [0.2, 0.25) is 0 Å². The predicted octanol–water partition coefficient (Wildman–Crippen LogP) is 6.07. The van der Waals surface area contributed by atoms with Crippen LogP contribution in [0, 0.1) is 27.7 Å².